The zero-order valence-electron chi connectivity index (χ0n) is 11.9. The molecule has 3 rings (SSSR count). The van der Waals surface area contributed by atoms with Crippen LogP contribution in [0.15, 0.2) is 48.5 Å². The molecule has 2 aromatic rings. The van der Waals surface area contributed by atoms with Gasteiger partial charge >= 0.3 is 0 Å². The summed E-state index contributed by atoms with van der Waals surface area (Å²) in [4.78, 5) is 14.4. The minimum atomic E-state index is 0.117. The molecule has 1 aliphatic rings. The van der Waals surface area contributed by atoms with Crippen LogP contribution in [0.2, 0.25) is 5.02 Å². The number of fused-ring (bicyclic) bond motifs is 1. The molecule has 3 heteroatoms. The minimum Gasteiger partial charge on any atom is -0.338 e. The lowest BCUT2D eigenvalue weighted by molar-refractivity contribution is 0.0738. The number of hydrogen-bond acceptors (Lipinski definition) is 1. The molecule has 0 N–H and O–H groups in total. The molecule has 0 spiro atoms. The maximum Gasteiger partial charge on any atom is 0.254 e. The number of carbonyl (C=O) groups excluding carboxylic acids is 1. The highest BCUT2D eigenvalue weighted by molar-refractivity contribution is 6.31. The van der Waals surface area contributed by atoms with Gasteiger partial charge in [-0.2, -0.15) is 0 Å². The summed E-state index contributed by atoms with van der Waals surface area (Å²) in [5.74, 6) is 0.117. The van der Waals surface area contributed by atoms with E-state index in [4.69, 9.17) is 11.6 Å². The van der Waals surface area contributed by atoms with E-state index in [-0.39, 0.29) is 5.91 Å². The molecule has 0 fully saturated rings. The van der Waals surface area contributed by atoms with Crippen molar-refractivity contribution < 1.29 is 4.79 Å². The normalized spacial score (nSPS) is 14.1. The molecule has 0 aromatic heterocycles. The largest absolute Gasteiger partial charge is 0.338 e. The van der Waals surface area contributed by atoms with E-state index in [1.807, 2.05) is 23.1 Å². The van der Waals surface area contributed by atoms with Gasteiger partial charge < -0.3 is 4.90 Å². The van der Waals surface area contributed by atoms with Gasteiger partial charge in [-0.3, -0.25) is 4.79 Å². The number of amides is 1. The lowest BCUT2D eigenvalue weighted by Gasteiger charge is -2.28. The third kappa shape index (κ3) is 3.27. The van der Waals surface area contributed by atoms with E-state index in [1.165, 1.54) is 5.56 Å². The number of carbonyl (C=O) groups is 1. The number of nitrogens with zero attached hydrogens (tertiary/aromatic N) is 1. The summed E-state index contributed by atoms with van der Waals surface area (Å²) in [5, 5.41) is 0.633. The molecule has 0 saturated carbocycles. The van der Waals surface area contributed by atoms with Gasteiger partial charge in [-0.25, -0.2) is 0 Å². The molecule has 0 radical (unpaired) electrons. The van der Waals surface area contributed by atoms with Gasteiger partial charge in [0.1, 0.15) is 0 Å². The summed E-state index contributed by atoms with van der Waals surface area (Å²) in [6, 6.07) is 16.0. The SMILES string of the molecule is O=C1c2cc(Cl)ccc2CCN1CCCc1ccccc1. The Labute approximate surface area is 130 Å². The molecule has 0 aliphatic carbocycles. The Bertz CT molecular complexity index is 639. The second kappa shape index (κ2) is 6.31. The molecule has 2 aromatic carbocycles. The van der Waals surface area contributed by atoms with Crippen LogP contribution in [0.4, 0.5) is 0 Å². The molecule has 2 nitrogen and oxygen atoms in total. The van der Waals surface area contributed by atoms with E-state index in [1.54, 1.807) is 6.07 Å². The minimum absolute atomic E-state index is 0.117. The second-order valence-corrected chi connectivity index (χ2v) is 5.87. The predicted molar refractivity (Wildman–Crippen MR) is 85.8 cm³/mol. The Morgan fingerprint density at radius 2 is 1.90 bits per heavy atom. The van der Waals surface area contributed by atoms with Gasteiger partial charge in [-0.1, -0.05) is 48.0 Å². The fraction of sp³-hybridized carbons (Fsp3) is 0.278. The van der Waals surface area contributed by atoms with Crippen LogP contribution in [0, 0.1) is 0 Å². The average Bonchev–Trinajstić information content (AvgIpc) is 2.51. The van der Waals surface area contributed by atoms with E-state index in [2.05, 4.69) is 24.3 Å². The van der Waals surface area contributed by atoms with Crippen molar-refractivity contribution in [1.29, 1.82) is 0 Å². The second-order valence-electron chi connectivity index (χ2n) is 5.43. The molecule has 108 valence electrons. The van der Waals surface area contributed by atoms with Crippen molar-refractivity contribution in [3.05, 3.63) is 70.2 Å². The van der Waals surface area contributed by atoms with Crippen molar-refractivity contribution in [2.45, 2.75) is 19.3 Å². The summed E-state index contributed by atoms with van der Waals surface area (Å²) < 4.78 is 0. The number of rotatable bonds is 4. The summed E-state index contributed by atoms with van der Waals surface area (Å²) >= 11 is 6.00. The van der Waals surface area contributed by atoms with Gasteiger partial charge in [0.15, 0.2) is 0 Å². The van der Waals surface area contributed by atoms with Crippen LogP contribution in [0.1, 0.15) is 27.9 Å². The molecular formula is C18H18ClNO. The number of aryl methyl sites for hydroxylation is 1. The van der Waals surface area contributed by atoms with Gasteiger partial charge in [-0.15, -0.1) is 0 Å². The van der Waals surface area contributed by atoms with Crippen molar-refractivity contribution in [3.8, 4) is 0 Å². The topological polar surface area (TPSA) is 20.3 Å². The fourth-order valence-corrected chi connectivity index (χ4v) is 3.00. The zero-order valence-corrected chi connectivity index (χ0v) is 12.6. The number of benzene rings is 2. The highest BCUT2D eigenvalue weighted by Crippen LogP contribution is 2.23. The quantitative estimate of drug-likeness (QED) is 0.836. The van der Waals surface area contributed by atoms with E-state index in [0.717, 1.165) is 43.5 Å². The summed E-state index contributed by atoms with van der Waals surface area (Å²) in [5.41, 5.74) is 3.21. The first-order chi connectivity index (χ1) is 10.2. The van der Waals surface area contributed by atoms with Gasteiger partial charge in [0.2, 0.25) is 0 Å². The lowest BCUT2D eigenvalue weighted by Crippen LogP contribution is -2.38. The third-order valence-corrected chi connectivity index (χ3v) is 4.21. The maximum atomic E-state index is 12.5. The van der Waals surface area contributed by atoms with Gasteiger partial charge in [-0.05, 0) is 42.5 Å². The van der Waals surface area contributed by atoms with Crippen LogP contribution in [0.3, 0.4) is 0 Å². The van der Waals surface area contributed by atoms with Crippen LogP contribution < -0.4 is 0 Å². The Kier molecular flexibility index (Phi) is 4.26. The van der Waals surface area contributed by atoms with Crippen LogP contribution in [0.5, 0.6) is 0 Å². The van der Waals surface area contributed by atoms with Gasteiger partial charge in [0.05, 0.1) is 0 Å². The molecule has 0 atom stereocenters. The highest BCUT2D eigenvalue weighted by Gasteiger charge is 2.23. The molecule has 1 amide bonds. The van der Waals surface area contributed by atoms with Crippen LogP contribution in [-0.4, -0.2) is 23.9 Å². The van der Waals surface area contributed by atoms with E-state index in [9.17, 15) is 4.79 Å². The first-order valence-electron chi connectivity index (χ1n) is 7.35. The number of hydrogen-bond donors (Lipinski definition) is 0. The first kappa shape index (κ1) is 14.2. The number of halogens is 1. The Balaban J connectivity index is 1.61. The predicted octanol–water partition coefficient (Wildman–Crippen LogP) is 3.97. The molecule has 1 heterocycles. The van der Waals surface area contributed by atoms with Crippen LogP contribution >= 0.6 is 11.6 Å². The molecular weight excluding hydrogens is 282 g/mol. The van der Waals surface area contributed by atoms with Crippen molar-refractivity contribution >= 4 is 17.5 Å². The molecule has 0 unspecified atom stereocenters. The molecule has 1 aliphatic heterocycles. The Hall–Kier alpha value is -1.80. The van der Waals surface area contributed by atoms with E-state index in [0.29, 0.717) is 5.02 Å². The van der Waals surface area contributed by atoms with Crippen molar-refractivity contribution in [2.24, 2.45) is 0 Å². The Morgan fingerprint density at radius 3 is 2.71 bits per heavy atom. The van der Waals surface area contributed by atoms with Crippen LogP contribution in [-0.2, 0) is 12.8 Å². The first-order valence-corrected chi connectivity index (χ1v) is 7.73. The summed E-state index contributed by atoms with van der Waals surface area (Å²) in [6.07, 6.45) is 2.92. The average molecular weight is 300 g/mol. The Morgan fingerprint density at radius 1 is 1.10 bits per heavy atom. The molecule has 0 saturated heterocycles. The lowest BCUT2D eigenvalue weighted by atomic mass is 9.98. The standard InChI is InChI=1S/C18H18ClNO/c19-16-9-8-15-10-12-20(18(21)17(15)13-16)11-4-7-14-5-2-1-3-6-14/h1-3,5-6,8-9,13H,4,7,10-12H2. The molecule has 0 bridgehead atoms. The molecule has 21 heavy (non-hydrogen) atoms. The maximum absolute atomic E-state index is 12.5. The fourth-order valence-electron chi connectivity index (χ4n) is 2.83. The van der Waals surface area contributed by atoms with E-state index < -0.39 is 0 Å². The van der Waals surface area contributed by atoms with E-state index >= 15 is 0 Å². The van der Waals surface area contributed by atoms with Crippen molar-refractivity contribution in [1.82, 2.24) is 4.90 Å². The highest BCUT2D eigenvalue weighted by atomic mass is 35.5. The third-order valence-electron chi connectivity index (χ3n) is 3.98. The van der Waals surface area contributed by atoms with Crippen LogP contribution in [0.25, 0.3) is 0 Å². The summed E-state index contributed by atoms with van der Waals surface area (Å²) in [7, 11) is 0. The van der Waals surface area contributed by atoms with Gasteiger partial charge in [0, 0.05) is 23.7 Å². The van der Waals surface area contributed by atoms with Crippen molar-refractivity contribution in [3.63, 3.8) is 0 Å². The van der Waals surface area contributed by atoms with Crippen molar-refractivity contribution in [2.75, 3.05) is 13.1 Å². The van der Waals surface area contributed by atoms with Gasteiger partial charge in [0.25, 0.3) is 5.91 Å². The summed E-state index contributed by atoms with van der Waals surface area (Å²) in [6.45, 7) is 1.61. The monoisotopic (exact) mass is 299 g/mol. The zero-order chi connectivity index (χ0) is 14.7. The smallest absolute Gasteiger partial charge is 0.254 e.